The third kappa shape index (κ3) is 56.9. The van der Waals surface area contributed by atoms with Gasteiger partial charge in [0.05, 0.1) is 0 Å². The molecular weight excluding hydrogens is 877 g/mol. The largest absolute Gasteiger partial charge is 0.462 e. The van der Waals surface area contributed by atoms with Gasteiger partial charge in [-0.25, -0.2) is 0 Å². The minimum absolute atomic E-state index is 0.108. The van der Waals surface area contributed by atoms with Gasteiger partial charge in [0.1, 0.15) is 13.2 Å². The second-order valence-corrected chi connectivity index (χ2v) is 19.1. The Morgan fingerprint density at radius 3 is 0.958 bits per heavy atom. The molecule has 0 aromatic carbocycles. The predicted molar refractivity (Wildman–Crippen MR) is 307 cm³/mol. The van der Waals surface area contributed by atoms with E-state index in [1.165, 1.54) is 116 Å². The van der Waals surface area contributed by atoms with Gasteiger partial charge < -0.3 is 14.2 Å². The average molecular weight is 986 g/mol. The highest BCUT2D eigenvalue weighted by Crippen LogP contribution is 2.15. The molecule has 6 nitrogen and oxygen atoms in total. The SMILES string of the molecule is CC/C=C\C/C=C\C/C=C\C/C=C\CCCCCCCCC(=O)OC(COC(=O)CC/C=C\C/C=C\C/C=C\C/C=C\CC)COC(=O)CCCCCCCCCCC/C=C\CCCCCCCCCC. The first-order chi connectivity index (χ1) is 35.0. The van der Waals surface area contributed by atoms with E-state index in [-0.39, 0.29) is 37.5 Å². The van der Waals surface area contributed by atoms with E-state index in [2.05, 4.69) is 124 Å². The highest BCUT2D eigenvalue weighted by Gasteiger charge is 2.19. The molecule has 0 aliphatic heterocycles. The summed E-state index contributed by atoms with van der Waals surface area (Å²) >= 11 is 0. The maximum absolute atomic E-state index is 12.9. The van der Waals surface area contributed by atoms with Crippen LogP contribution in [0.1, 0.15) is 265 Å². The van der Waals surface area contributed by atoms with Crippen LogP contribution >= 0.6 is 0 Å². The van der Waals surface area contributed by atoms with Crippen LogP contribution in [-0.4, -0.2) is 37.2 Å². The molecule has 0 amide bonds. The van der Waals surface area contributed by atoms with E-state index < -0.39 is 6.10 Å². The van der Waals surface area contributed by atoms with Crippen LogP contribution in [0.5, 0.6) is 0 Å². The van der Waals surface area contributed by atoms with Crippen LogP contribution in [0.2, 0.25) is 0 Å². The molecule has 0 spiro atoms. The van der Waals surface area contributed by atoms with Gasteiger partial charge in [0, 0.05) is 19.3 Å². The Labute approximate surface area is 438 Å². The molecule has 0 N–H and O–H groups in total. The van der Waals surface area contributed by atoms with Crippen LogP contribution in [0.15, 0.2) is 109 Å². The van der Waals surface area contributed by atoms with E-state index in [0.717, 1.165) is 103 Å². The first-order valence-corrected chi connectivity index (χ1v) is 29.4. The summed E-state index contributed by atoms with van der Waals surface area (Å²) in [7, 11) is 0. The minimum Gasteiger partial charge on any atom is -0.462 e. The quantitative estimate of drug-likeness (QED) is 0.0261. The molecule has 0 radical (unpaired) electrons. The Morgan fingerprint density at radius 1 is 0.296 bits per heavy atom. The van der Waals surface area contributed by atoms with Crippen LogP contribution in [-0.2, 0) is 28.6 Å². The molecule has 0 rings (SSSR count). The maximum atomic E-state index is 12.9. The highest BCUT2D eigenvalue weighted by atomic mass is 16.6. The van der Waals surface area contributed by atoms with Crippen molar-refractivity contribution < 1.29 is 28.6 Å². The summed E-state index contributed by atoms with van der Waals surface area (Å²) < 4.78 is 16.8. The zero-order chi connectivity index (χ0) is 51.4. The fraction of sp³-hybridized carbons (Fsp3) is 0.677. The molecule has 0 aliphatic rings. The van der Waals surface area contributed by atoms with E-state index in [9.17, 15) is 14.4 Å². The first kappa shape index (κ1) is 67.1. The number of hydrogen-bond acceptors (Lipinski definition) is 6. The van der Waals surface area contributed by atoms with Crippen LogP contribution in [0, 0.1) is 0 Å². The van der Waals surface area contributed by atoms with Gasteiger partial charge in [-0.05, 0) is 109 Å². The number of carbonyl (C=O) groups excluding carboxylic acids is 3. The standard InChI is InChI=1S/C65H108O6/c1-4-7-10-13-16-19-22-25-27-29-31-32-34-35-37-40-43-46-49-52-55-58-64(67)70-61-62(60-69-63(66)57-54-51-48-45-42-39-24-21-18-15-12-9-6-3)71-65(68)59-56-53-50-47-44-41-38-36-33-30-28-26-23-20-17-14-11-8-5-2/h8-9,11-12,17-18,20-21,26,28-29,31,33,36,39,42,48,51,62H,4-7,10,13-16,19,22-25,27,30,32,34-35,37-38,40-41,43-47,49-50,52-61H2,1-3H3/b11-8-,12-9-,20-17-,21-18-,28-26-,31-29-,36-33-,42-39-,51-48-. The monoisotopic (exact) mass is 985 g/mol. The number of rotatable bonds is 52. The molecule has 1 unspecified atom stereocenters. The molecule has 6 heteroatoms. The Morgan fingerprint density at radius 2 is 0.577 bits per heavy atom. The number of esters is 3. The lowest BCUT2D eigenvalue weighted by Crippen LogP contribution is -2.30. The second-order valence-electron chi connectivity index (χ2n) is 19.1. The second kappa shape index (κ2) is 58.6. The van der Waals surface area contributed by atoms with Crippen molar-refractivity contribution in [2.75, 3.05) is 13.2 Å². The molecule has 0 heterocycles. The van der Waals surface area contributed by atoms with Gasteiger partial charge in [0.25, 0.3) is 0 Å². The van der Waals surface area contributed by atoms with Crippen molar-refractivity contribution in [2.24, 2.45) is 0 Å². The molecular formula is C65H108O6. The van der Waals surface area contributed by atoms with Gasteiger partial charge in [-0.3, -0.25) is 14.4 Å². The zero-order valence-electron chi connectivity index (χ0n) is 46.2. The molecule has 0 saturated carbocycles. The molecule has 0 aliphatic carbocycles. The van der Waals surface area contributed by atoms with Crippen molar-refractivity contribution in [2.45, 2.75) is 271 Å². The van der Waals surface area contributed by atoms with Crippen LogP contribution in [0.4, 0.5) is 0 Å². The maximum Gasteiger partial charge on any atom is 0.306 e. The summed E-state index contributed by atoms with van der Waals surface area (Å²) in [5.41, 5.74) is 0. The summed E-state index contributed by atoms with van der Waals surface area (Å²) in [5.74, 6) is -1.01. The van der Waals surface area contributed by atoms with Crippen molar-refractivity contribution >= 4 is 17.9 Å². The van der Waals surface area contributed by atoms with Gasteiger partial charge in [-0.2, -0.15) is 0 Å². The first-order valence-electron chi connectivity index (χ1n) is 29.4. The highest BCUT2D eigenvalue weighted by molar-refractivity contribution is 5.71. The summed E-state index contributed by atoms with van der Waals surface area (Å²) in [5, 5.41) is 0. The lowest BCUT2D eigenvalue weighted by molar-refractivity contribution is -0.166. The summed E-state index contributed by atoms with van der Waals surface area (Å²) in [4.78, 5) is 38.1. The van der Waals surface area contributed by atoms with E-state index in [4.69, 9.17) is 14.2 Å². The van der Waals surface area contributed by atoms with Crippen LogP contribution < -0.4 is 0 Å². The third-order valence-electron chi connectivity index (χ3n) is 12.3. The van der Waals surface area contributed by atoms with Gasteiger partial charge in [0.2, 0.25) is 0 Å². The zero-order valence-corrected chi connectivity index (χ0v) is 46.2. The molecule has 0 saturated heterocycles. The Bertz CT molecular complexity index is 1460. The minimum atomic E-state index is -0.818. The number of unbranched alkanes of at least 4 members (excludes halogenated alkanes) is 23. The Kier molecular flexibility index (Phi) is 55.4. The van der Waals surface area contributed by atoms with Crippen LogP contribution in [0.3, 0.4) is 0 Å². The molecule has 1 atom stereocenters. The van der Waals surface area contributed by atoms with Gasteiger partial charge in [0.15, 0.2) is 6.10 Å². The molecule has 71 heavy (non-hydrogen) atoms. The lowest BCUT2D eigenvalue weighted by atomic mass is 10.1. The normalized spacial score (nSPS) is 12.9. The van der Waals surface area contributed by atoms with Gasteiger partial charge >= 0.3 is 17.9 Å². The molecule has 0 aromatic rings. The van der Waals surface area contributed by atoms with Crippen LogP contribution in [0.25, 0.3) is 0 Å². The molecule has 0 aromatic heterocycles. The number of allylic oxidation sites excluding steroid dienone is 18. The summed E-state index contributed by atoms with van der Waals surface area (Å²) in [6.45, 7) is 6.34. The van der Waals surface area contributed by atoms with E-state index in [1.807, 2.05) is 6.08 Å². The van der Waals surface area contributed by atoms with Crippen molar-refractivity contribution in [1.82, 2.24) is 0 Å². The fourth-order valence-corrected chi connectivity index (χ4v) is 7.91. The molecule has 0 bridgehead atoms. The van der Waals surface area contributed by atoms with E-state index >= 15 is 0 Å². The number of carbonyl (C=O) groups is 3. The molecule has 0 fully saturated rings. The number of ether oxygens (including phenoxy) is 3. The van der Waals surface area contributed by atoms with Gasteiger partial charge in [-0.1, -0.05) is 246 Å². The van der Waals surface area contributed by atoms with Crippen molar-refractivity contribution in [3.63, 3.8) is 0 Å². The third-order valence-corrected chi connectivity index (χ3v) is 12.3. The van der Waals surface area contributed by atoms with E-state index in [1.54, 1.807) is 0 Å². The lowest BCUT2D eigenvalue weighted by Gasteiger charge is -2.18. The predicted octanol–water partition coefficient (Wildman–Crippen LogP) is 19.9. The Balaban J connectivity index is 4.43. The Hall–Kier alpha value is -3.93. The summed E-state index contributed by atoms with van der Waals surface area (Å²) in [6, 6.07) is 0. The van der Waals surface area contributed by atoms with E-state index in [0.29, 0.717) is 19.3 Å². The topological polar surface area (TPSA) is 78.9 Å². The smallest absolute Gasteiger partial charge is 0.306 e. The molecule has 404 valence electrons. The van der Waals surface area contributed by atoms with Crippen molar-refractivity contribution in [3.05, 3.63) is 109 Å². The van der Waals surface area contributed by atoms with Gasteiger partial charge in [-0.15, -0.1) is 0 Å². The number of hydrogen-bond donors (Lipinski definition) is 0. The average Bonchev–Trinajstić information content (AvgIpc) is 3.37. The van der Waals surface area contributed by atoms with Crippen molar-refractivity contribution in [1.29, 1.82) is 0 Å². The van der Waals surface area contributed by atoms with Crippen molar-refractivity contribution in [3.8, 4) is 0 Å². The summed E-state index contributed by atoms with van der Waals surface area (Å²) in [6.07, 6.45) is 79.6. The fourth-order valence-electron chi connectivity index (χ4n) is 7.91.